The molecule has 126 valence electrons. The van der Waals surface area contributed by atoms with Crippen molar-refractivity contribution in [2.45, 2.75) is 18.9 Å². The first-order valence-electron chi connectivity index (χ1n) is 6.85. The number of aliphatic carboxylic acids is 1. The maximum Gasteiger partial charge on any atom is 0.326 e. The van der Waals surface area contributed by atoms with Gasteiger partial charge in [-0.2, -0.15) is 8.42 Å². The monoisotopic (exact) mass is 407 g/mol. The van der Waals surface area contributed by atoms with Gasteiger partial charge in [0.1, 0.15) is 6.04 Å². The zero-order chi connectivity index (χ0) is 17.2. The van der Waals surface area contributed by atoms with Crippen molar-refractivity contribution in [2.24, 2.45) is 5.92 Å². The predicted octanol–water partition coefficient (Wildman–Crippen LogP) is 1.59. The van der Waals surface area contributed by atoms with E-state index in [4.69, 9.17) is 0 Å². The third-order valence-corrected chi connectivity index (χ3v) is 5.08. The van der Waals surface area contributed by atoms with E-state index in [1.807, 2.05) is 0 Å². The SMILES string of the molecule is O=C(O)[C@H](Cc1ccc(Br)cc1)N1CC(CS(=O)(=O)F)CC1=O. The Kier molecular flexibility index (Phi) is 5.41. The molecule has 0 bridgehead atoms. The number of carboxylic acids is 1. The Morgan fingerprint density at radius 2 is 2.00 bits per heavy atom. The Balaban J connectivity index is 2.13. The third kappa shape index (κ3) is 5.00. The smallest absolute Gasteiger partial charge is 0.326 e. The molecule has 0 aliphatic carbocycles. The van der Waals surface area contributed by atoms with E-state index in [-0.39, 0.29) is 19.4 Å². The minimum absolute atomic E-state index is 0.0739. The van der Waals surface area contributed by atoms with Crippen LogP contribution in [-0.2, 0) is 26.2 Å². The molecule has 1 saturated heterocycles. The highest BCUT2D eigenvalue weighted by Crippen LogP contribution is 2.24. The van der Waals surface area contributed by atoms with Gasteiger partial charge in [-0.3, -0.25) is 4.79 Å². The van der Waals surface area contributed by atoms with Crippen LogP contribution in [0.3, 0.4) is 0 Å². The lowest BCUT2D eigenvalue weighted by Gasteiger charge is -2.24. The van der Waals surface area contributed by atoms with Crippen molar-refractivity contribution in [3.63, 3.8) is 0 Å². The van der Waals surface area contributed by atoms with Crippen LogP contribution in [0.2, 0.25) is 0 Å². The molecule has 1 aromatic rings. The lowest BCUT2D eigenvalue weighted by atomic mass is 10.0. The highest BCUT2D eigenvalue weighted by molar-refractivity contribution is 9.10. The number of carbonyl (C=O) groups excluding carboxylic acids is 1. The van der Waals surface area contributed by atoms with E-state index in [0.29, 0.717) is 0 Å². The molecule has 1 fully saturated rings. The Hall–Kier alpha value is -1.48. The second kappa shape index (κ2) is 6.96. The van der Waals surface area contributed by atoms with Crippen LogP contribution in [0.25, 0.3) is 0 Å². The van der Waals surface area contributed by atoms with Gasteiger partial charge in [0.05, 0.1) is 5.75 Å². The van der Waals surface area contributed by atoms with Gasteiger partial charge in [0.15, 0.2) is 0 Å². The molecular weight excluding hydrogens is 393 g/mol. The van der Waals surface area contributed by atoms with Gasteiger partial charge in [0.2, 0.25) is 5.91 Å². The number of likely N-dealkylation sites (tertiary alicyclic amines) is 1. The van der Waals surface area contributed by atoms with Crippen LogP contribution in [0.5, 0.6) is 0 Å². The van der Waals surface area contributed by atoms with Gasteiger partial charge >= 0.3 is 16.2 Å². The molecule has 0 radical (unpaired) electrons. The average Bonchev–Trinajstić information content (AvgIpc) is 2.76. The average molecular weight is 408 g/mol. The van der Waals surface area contributed by atoms with Gasteiger partial charge in [0.25, 0.3) is 0 Å². The van der Waals surface area contributed by atoms with Crippen LogP contribution in [0.4, 0.5) is 3.89 Å². The van der Waals surface area contributed by atoms with Crippen LogP contribution in [0, 0.1) is 5.92 Å². The molecule has 1 aliphatic rings. The van der Waals surface area contributed by atoms with Crippen LogP contribution < -0.4 is 0 Å². The number of hydrogen-bond donors (Lipinski definition) is 1. The molecule has 1 unspecified atom stereocenters. The normalized spacial score (nSPS) is 19.8. The van der Waals surface area contributed by atoms with E-state index in [0.717, 1.165) is 14.9 Å². The van der Waals surface area contributed by atoms with Crippen molar-refractivity contribution in [1.82, 2.24) is 4.90 Å². The number of rotatable bonds is 6. The molecule has 0 spiro atoms. The molecule has 1 aromatic carbocycles. The number of amides is 1. The van der Waals surface area contributed by atoms with E-state index in [1.54, 1.807) is 24.3 Å². The summed E-state index contributed by atoms with van der Waals surface area (Å²) in [5, 5.41) is 9.39. The third-order valence-electron chi connectivity index (χ3n) is 3.68. The van der Waals surface area contributed by atoms with Crippen molar-refractivity contribution < 1.29 is 27.0 Å². The summed E-state index contributed by atoms with van der Waals surface area (Å²) in [5.41, 5.74) is 0.731. The summed E-state index contributed by atoms with van der Waals surface area (Å²) in [6.45, 7) is -0.0739. The highest BCUT2D eigenvalue weighted by atomic mass is 79.9. The number of carboxylic acid groups (broad SMARTS) is 1. The summed E-state index contributed by atoms with van der Waals surface area (Å²) in [7, 11) is -4.70. The number of halogens is 2. The predicted molar refractivity (Wildman–Crippen MR) is 84.0 cm³/mol. The van der Waals surface area contributed by atoms with Gasteiger partial charge < -0.3 is 10.0 Å². The molecule has 1 aliphatic heterocycles. The Labute approximate surface area is 141 Å². The quantitative estimate of drug-likeness (QED) is 0.722. The fourth-order valence-electron chi connectivity index (χ4n) is 2.68. The van der Waals surface area contributed by atoms with Gasteiger partial charge in [0, 0.05) is 29.8 Å². The van der Waals surface area contributed by atoms with Crippen LogP contribution in [-0.4, -0.2) is 48.6 Å². The standard InChI is InChI=1S/C14H15BrFNO5S/c15-11-3-1-9(2-4-11)5-12(14(19)20)17-7-10(6-13(17)18)8-23(16,21)22/h1-4,10,12H,5-8H2,(H,19,20)/t10?,12-/m0/s1. The van der Waals surface area contributed by atoms with Gasteiger partial charge in [-0.05, 0) is 17.7 Å². The summed E-state index contributed by atoms with van der Waals surface area (Å²) in [6, 6.07) is 5.90. The first-order chi connectivity index (χ1) is 10.7. The molecule has 2 atom stereocenters. The molecule has 0 aromatic heterocycles. The molecule has 9 heteroatoms. The molecule has 2 rings (SSSR count). The van der Waals surface area contributed by atoms with E-state index in [1.165, 1.54) is 0 Å². The van der Waals surface area contributed by atoms with Crippen molar-refractivity contribution in [3.8, 4) is 0 Å². The fourth-order valence-corrected chi connectivity index (χ4v) is 3.73. The van der Waals surface area contributed by atoms with Crippen molar-refractivity contribution in [2.75, 3.05) is 12.3 Å². The molecule has 1 heterocycles. The van der Waals surface area contributed by atoms with Gasteiger partial charge in [-0.15, -0.1) is 3.89 Å². The largest absolute Gasteiger partial charge is 0.480 e. The minimum atomic E-state index is -4.70. The topological polar surface area (TPSA) is 91.8 Å². The van der Waals surface area contributed by atoms with Crippen LogP contribution in [0.15, 0.2) is 28.7 Å². The maximum absolute atomic E-state index is 12.8. The lowest BCUT2D eigenvalue weighted by molar-refractivity contribution is -0.148. The second-order valence-electron chi connectivity index (χ2n) is 5.51. The lowest BCUT2D eigenvalue weighted by Crippen LogP contribution is -2.43. The Morgan fingerprint density at radius 1 is 1.39 bits per heavy atom. The Bertz CT molecular complexity index is 706. The zero-order valence-electron chi connectivity index (χ0n) is 12.0. The van der Waals surface area contributed by atoms with E-state index >= 15 is 0 Å². The maximum atomic E-state index is 12.8. The summed E-state index contributed by atoms with van der Waals surface area (Å²) >= 11 is 3.28. The van der Waals surface area contributed by atoms with E-state index < -0.39 is 39.8 Å². The first kappa shape index (κ1) is 17.9. The molecule has 1 N–H and O–H groups in total. The van der Waals surface area contributed by atoms with E-state index in [2.05, 4.69) is 15.9 Å². The fraction of sp³-hybridized carbons (Fsp3) is 0.429. The Morgan fingerprint density at radius 3 is 2.52 bits per heavy atom. The second-order valence-corrected chi connectivity index (χ2v) is 7.83. The molecule has 23 heavy (non-hydrogen) atoms. The summed E-state index contributed by atoms with van der Waals surface area (Å²) in [4.78, 5) is 24.6. The van der Waals surface area contributed by atoms with Crippen molar-refractivity contribution >= 4 is 38.0 Å². The number of carbonyl (C=O) groups is 2. The first-order valence-corrected chi connectivity index (χ1v) is 9.19. The molecule has 1 amide bonds. The summed E-state index contributed by atoms with van der Waals surface area (Å²) in [6.07, 6.45) is -0.0588. The van der Waals surface area contributed by atoms with Gasteiger partial charge in [-0.25, -0.2) is 4.79 Å². The highest BCUT2D eigenvalue weighted by Gasteiger charge is 2.39. The van der Waals surface area contributed by atoms with Crippen molar-refractivity contribution in [1.29, 1.82) is 0 Å². The number of benzene rings is 1. The molecule has 6 nitrogen and oxygen atoms in total. The molecular formula is C14H15BrFNO5S. The molecule has 0 saturated carbocycles. The van der Waals surface area contributed by atoms with E-state index in [9.17, 15) is 27.0 Å². The summed E-state index contributed by atoms with van der Waals surface area (Å²) < 4.78 is 35.0. The summed E-state index contributed by atoms with van der Waals surface area (Å²) in [5.74, 6) is -3.13. The van der Waals surface area contributed by atoms with Crippen molar-refractivity contribution in [3.05, 3.63) is 34.3 Å². The minimum Gasteiger partial charge on any atom is -0.480 e. The van der Waals surface area contributed by atoms with Gasteiger partial charge in [-0.1, -0.05) is 28.1 Å². The number of nitrogens with zero attached hydrogens (tertiary/aromatic N) is 1. The van der Waals surface area contributed by atoms with Crippen LogP contribution in [0.1, 0.15) is 12.0 Å². The zero-order valence-corrected chi connectivity index (χ0v) is 14.4. The van der Waals surface area contributed by atoms with Crippen LogP contribution >= 0.6 is 15.9 Å². The number of hydrogen-bond acceptors (Lipinski definition) is 4.